The number of carbonyl (C=O) groups excluding carboxylic acids is 1. The van der Waals surface area contributed by atoms with Crippen LogP contribution in [-0.4, -0.2) is 28.5 Å². The van der Waals surface area contributed by atoms with Crippen molar-refractivity contribution >= 4 is 39.0 Å². The number of amides is 1. The predicted molar refractivity (Wildman–Crippen MR) is 77.0 cm³/mol. The van der Waals surface area contributed by atoms with Gasteiger partial charge in [0.2, 0.25) is 5.91 Å². The average molecular weight is 281 g/mol. The first-order valence-electron chi connectivity index (χ1n) is 5.46. The van der Waals surface area contributed by atoms with E-state index in [4.69, 9.17) is 0 Å². The zero-order chi connectivity index (χ0) is 11.0. The summed E-state index contributed by atoms with van der Waals surface area (Å²) in [5.41, 5.74) is 0.757. The first kappa shape index (κ1) is 12.6. The zero-order valence-corrected chi connectivity index (χ0v) is 13.2. The number of carbonyl (C=O) groups is 1. The van der Waals surface area contributed by atoms with Gasteiger partial charge in [0, 0.05) is 24.2 Å². The summed E-state index contributed by atoms with van der Waals surface area (Å²) < 4.78 is 0. The van der Waals surface area contributed by atoms with Gasteiger partial charge in [-0.1, -0.05) is 15.3 Å². The van der Waals surface area contributed by atoms with E-state index < -0.39 is 0 Å². The highest BCUT2D eigenvalue weighted by atomic mass is 32.6. The molecule has 15 heavy (non-hydrogen) atoms. The normalized spacial score (nSPS) is 38.7. The van der Waals surface area contributed by atoms with Crippen LogP contribution < -0.4 is 0 Å². The Balaban J connectivity index is 2.11. The van der Waals surface area contributed by atoms with E-state index >= 15 is 0 Å². The minimum atomic E-state index is 0.0387. The second-order valence-corrected chi connectivity index (χ2v) is 14.0. The summed E-state index contributed by atoms with van der Waals surface area (Å²) in [7, 11) is 6.89. The number of hydrogen-bond acceptors (Lipinski definition) is 1. The maximum Gasteiger partial charge on any atom is 0.223 e. The molecular formula is C9H19NOP4. The fraction of sp³-hybridized carbons (Fsp3) is 0.889. The molecule has 86 valence electrons. The molecule has 2 rings (SSSR count). The Bertz CT molecular complexity index is 262. The van der Waals surface area contributed by atoms with Crippen molar-refractivity contribution in [1.29, 1.82) is 0 Å². The van der Waals surface area contributed by atoms with Crippen LogP contribution in [0.3, 0.4) is 0 Å². The molecule has 2 nitrogen and oxygen atoms in total. The molecule has 1 amide bonds. The topological polar surface area (TPSA) is 20.3 Å². The minimum Gasteiger partial charge on any atom is -0.336 e. The largest absolute Gasteiger partial charge is 0.336 e. The Labute approximate surface area is 99.3 Å². The lowest BCUT2D eigenvalue weighted by atomic mass is 10.0. The summed E-state index contributed by atoms with van der Waals surface area (Å²) >= 11 is 0. The molecule has 0 radical (unpaired) electrons. The number of nitrogens with zero attached hydrogens (tertiary/aromatic N) is 1. The summed E-state index contributed by atoms with van der Waals surface area (Å²) in [6.07, 6.45) is 4.38. The van der Waals surface area contributed by atoms with E-state index in [0.717, 1.165) is 26.5 Å². The van der Waals surface area contributed by atoms with Gasteiger partial charge in [-0.2, -0.15) is 0 Å². The molecule has 2 saturated heterocycles. The van der Waals surface area contributed by atoms with Crippen LogP contribution in [0.25, 0.3) is 0 Å². The maximum absolute atomic E-state index is 11.9. The molecule has 2 heterocycles. The average Bonchev–Trinajstić information content (AvgIpc) is 2.56. The van der Waals surface area contributed by atoms with Crippen molar-refractivity contribution in [1.82, 2.24) is 4.90 Å². The van der Waals surface area contributed by atoms with E-state index in [-0.39, 0.29) is 7.30 Å². The van der Waals surface area contributed by atoms with Crippen LogP contribution in [-0.2, 0) is 4.79 Å². The third-order valence-electron chi connectivity index (χ3n) is 3.62. The number of rotatable bonds is 2. The third-order valence-corrected chi connectivity index (χ3v) is 15.0. The highest BCUT2D eigenvalue weighted by Gasteiger charge is 2.44. The highest BCUT2D eigenvalue weighted by molar-refractivity contribution is 8.61. The lowest BCUT2D eigenvalue weighted by Crippen LogP contribution is -2.43. The Morgan fingerprint density at radius 3 is 2.93 bits per heavy atom. The molecule has 0 N–H and O–H groups in total. The van der Waals surface area contributed by atoms with Crippen LogP contribution in [0.5, 0.6) is 0 Å². The van der Waals surface area contributed by atoms with Crippen molar-refractivity contribution in [2.24, 2.45) is 0 Å². The molecule has 6 heteroatoms. The molecule has 0 aromatic rings. The Hall–Kier alpha value is 1.19. The Morgan fingerprint density at radius 2 is 2.33 bits per heavy atom. The van der Waals surface area contributed by atoms with Gasteiger partial charge >= 0.3 is 0 Å². The Kier molecular flexibility index (Phi) is 4.41. The molecule has 5 unspecified atom stereocenters. The summed E-state index contributed by atoms with van der Waals surface area (Å²) in [5, 5.41) is 0. The number of piperidine rings is 1. The van der Waals surface area contributed by atoms with Crippen molar-refractivity contribution < 1.29 is 4.79 Å². The van der Waals surface area contributed by atoms with Crippen molar-refractivity contribution in [2.45, 2.75) is 50.3 Å². The van der Waals surface area contributed by atoms with E-state index in [2.05, 4.69) is 29.7 Å². The van der Waals surface area contributed by atoms with E-state index in [1.165, 1.54) is 12.8 Å². The standard InChI is InChI=1S/C9H19NOP4/c1-6-8(15(13)14-12)5-7-3-2-4-9(11)10(6)7/h6-8,14H,2-5,12-13H2,1H3/t6-,7?,8+,15?/m1/s1. The number of hydrogen-bond donors (Lipinski definition) is 0. The van der Waals surface area contributed by atoms with Crippen LogP contribution in [0.4, 0.5) is 0 Å². The molecule has 2 fully saturated rings. The van der Waals surface area contributed by atoms with Gasteiger partial charge in [-0.05, 0) is 26.2 Å². The molecule has 2 aliphatic rings. The van der Waals surface area contributed by atoms with Gasteiger partial charge in [-0.15, -0.1) is 17.9 Å². The summed E-state index contributed by atoms with van der Waals surface area (Å²) in [6, 6.07) is 1.05. The van der Waals surface area contributed by atoms with Crippen LogP contribution in [0, 0.1) is 0 Å². The second-order valence-electron chi connectivity index (χ2n) is 4.43. The van der Waals surface area contributed by atoms with Gasteiger partial charge < -0.3 is 4.90 Å². The van der Waals surface area contributed by atoms with Crippen molar-refractivity contribution in [3.63, 3.8) is 0 Å². The van der Waals surface area contributed by atoms with Crippen LogP contribution in [0.1, 0.15) is 32.6 Å². The van der Waals surface area contributed by atoms with E-state index in [1.54, 1.807) is 0 Å². The lowest BCUT2D eigenvalue weighted by Gasteiger charge is -2.33. The first-order chi connectivity index (χ1) is 7.15. The smallest absolute Gasteiger partial charge is 0.223 e. The third kappa shape index (κ3) is 2.40. The van der Waals surface area contributed by atoms with Gasteiger partial charge in [-0.25, -0.2) is 0 Å². The van der Waals surface area contributed by atoms with Crippen LogP contribution in [0.2, 0.25) is 0 Å². The van der Waals surface area contributed by atoms with Crippen LogP contribution >= 0.6 is 33.1 Å². The molecule has 2 aliphatic heterocycles. The minimum absolute atomic E-state index is 0.0387. The first-order valence-corrected chi connectivity index (χ1v) is 12.1. The molecule has 0 bridgehead atoms. The van der Waals surface area contributed by atoms with Gasteiger partial charge in [0.05, 0.1) is 0 Å². The number of fused-ring (bicyclic) bond motifs is 1. The zero-order valence-electron chi connectivity index (χ0n) is 9.02. The van der Waals surface area contributed by atoms with E-state index in [9.17, 15) is 4.79 Å². The van der Waals surface area contributed by atoms with Gasteiger partial charge in [0.15, 0.2) is 0 Å². The molecule has 0 aliphatic carbocycles. The quantitative estimate of drug-likeness (QED) is 0.712. The van der Waals surface area contributed by atoms with Gasteiger partial charge in [0.1, 0.15) is 0 Å². The lowest BCUT2D eigenvalue weighted by molar-refractivity contribution is -0.136. The molecule has 0 aromatic carbocycles. The fourth-order valence-electron chi connectivity index (χ4n) is 2.85. The summed E-state index contributed by atoms with van der Waals surface area (Å²) in [4.78, 5) is 14.1. The predicted octanol–water partition coefficient (Wildman–Crippen LogP) is 3.18. The van der Waals surface area contributed by atoms with Gasteiger partial charge in [-0.3, -0.25) is 4.79 Å². The van der Waals surface area contributed by atoms with Crippen molar-refractivity contribution in [3.8, 4) is 0 Å². The summed E-state index contributed by atoms with van der Waals surface area (Å²) in [5.74, 6) is 0.404. The maximum atomic E-state index is 11.9. The van der Waals surface area contributed by atoms with Crippen LogP contribution in [0.15, 0.2) is 0 Å². The van der Waals surface area contributed by atoms with Crippen molar-refractivity contribution in [3.05, 3.63) is 0 Å². The monoisotopic (exact) mass is 281 g/mol. The fourth-order valence-corrected chi connectivity index (χ4v) is 8.50. The summed E-state index contributed by atoms with van der Waals surface area (Å²) in [6.45, 7) is 2.25. The molecule has 0 saturated carbocycles. The molecule has 7 atom stereocenters. The van der Waals surface area contributed by atoms with Gasteiger partial charge in [0.25, 0.3) is 0 Å². The second kappa shape index (κ2) is 5.23. The molecular weight excluding hydrogens is 262 g/mol. The molecule has 0 aromatic heterocycles. The van der Waals surface area contributed by atoms with E-state index in [0.29, 0.717) is 18.0 Å². The van der Waals surface area contributed by atoms with Crippen molar-refractivity contribution in [2.75, 3.05) is 0 Å². The Morgan fingerprint density at radius 1 is 1.60 bits per heavy atom. The van der Waals surface area contributed by atoms with E-state index in [1.807, 2.05) is 0 Å². The molecule has 0 spiro atoms. The highest BCUT2D eigenvalue weighted by Crippen LogP contribution is 2.71. The SMILES string of the molecule is C[C@@H]1[C@@H](P(P)PP)CC2CCCC(=O)N21.